The van der Waals surface area contributed by atoms with Crippen LogP contribution in [0.1, 0.15) is 19.3 Å². The lowest BCUT2D eigenvalue weighted by atomic mass is 10.2. The summed E-state index contributed by atoms with van der Waals surface area (Å²) >= 11 is 0. The van der Waals surface area contributed by atoms with Crippen molar-refractivity contribution in [3.63, 3.8) is 0 Å². The molecule has 0 aromatic rings. The first-order valence-electron chi connectivity index (χ1n) is 3.01. The van der Waals surface area contributed by atoms with Crippen molar-refractivity contribution in [2.45, 2.75) is 25.3 Å². The number of rotatable bonds is 0. The molecule has 0 saturated heterocycles. The molecule has 0 heterocycles. The van der Waals surface area contributed by atoms with Crippen molar-refractivity contribution < 1.29 is 8.78 Å². The molecule has 1 nitrogen and oxygen atoms in total. The predicted octanol–water partition coefficient (Wildman–Crippen LogP) is 1.65. The molecule has 1 aliphatic carbocycles. The van der Waals surface area contributed by atoms with Crippen LogP contribution in [0.3, 0.4) is 0 Å². The molecule has 52 valence electrons. The highest BCUT2D eigenvalue weighted by Crippen LogP contribution is 2.26. The molecule has 1 unspecified atom stereocenters. The molecule has 1 fully saturated rings. The van der Waals surface area contributed by atoms with Gasteiger partial charge in [-0.25, -0.2) is 0 Å². The van der Waals surface area contributed by atoms with Gasteiger partial charge in [-0.2, -0.15) is 8.78 Å². The topological polar surface area (TPSA) is 26.0 Å². The van der Waals surface area contributed by atoms with Crippen molar-refractivity contribution in [1.29, 1.82) is 0 Å². The summed E-state index contributed by atoms with van der Waals surface area (Å²) in [4.78, 5) is 0. The maximum absolute atomic E-state index is 11.8. The van der Waals surface area contributed by atoms with Gasteiger partial charge in [0.15, 0.2) is 0 Å². The highest BCUT2D eigenvalue weighted by molar-refractivity contribution is 5.14. The van der Waals surface area contributed by atoms with Crippen LogP contribution in [-0.4, -0.2) is 6.04 Å². The summed E-state index contributed by atoms with van der Waals surface area (Å²) in [7, 11) is 0. The van der Waals surface area contributed by atoms with Gasteiger partial charge in [0.2, 0.25) is 0 Å². The fourth-order valence-corrected chi connectivity index (χ4v) is 1.11. The highest BCUT2D eigenvalue weighted by Gasteiger charge is 2.20. The molecule has 0 amide bonds. The van der Waals surface area contributed by atoms with E-state index in [1.807, 2.05) is 0 Å². The first kappa shape index (κ1) is 6.68. The molecule has 2 N–H and O–H groups in total. The Kier molecular flexibility index (Phi) is 1.81. The molecule has 0 radical (unpaired) electrons. The minimum Gasteiger partial charge on any atom is -0.324 e. The number of hydrogen-bond donors (Lipinski definition) is 1. The highest BCUT2D eigenvalue weighted by atomic mass is 19.3. The van der Waals surface area contributed by atoms with Crippen LogP contribution in [0, 0.1) is 0 Å². The molecule has 0 aromatic carbocycles. The van der Waals surface area contributed by atoms with Crippen LogP contribution in [0.25, 0.3) is 0 Å². The van der Waals surface area contributed by atoms with E-state index in [-0.39, 0.29) is 11.6 Å². The minimum atomic E-state index is -1.57. The van der Waals surface area contributed by atoms with E-state index in [1.165, 1.54) is 0 Å². The van der Waals surface area contributed by atoms with E-state index in [4.69, 9.17) is 5.73 Å². The van der Waals surface area contributed by atoms with Gasteiger partial charge in [0.1, 0.15) is 0 Å². The van der Waals surface area contributed by atoms with Gasteiger partial charge in [-0.15, -0.1) is 0 Å². The summed E-state index contributed by atoms with van der Waals surface area (Å²) in [6, 6.07) is -0.366. The average molecular weight is 133 g/mol. The maximum atomic E-state index is 11.8. The zero-order valence-corrected chi connectivity index (χ0v) is 5.03. The quantitative estimate of drug-likeness (QED) is 0.534. The van der Waals surface area contributed by atoms with Crippen molar-refractivity contribution >= 4 is 0 Å². The Hall–Kier alpha value is -0.440. The molecule has 9 heavy (non-hydrogen) atoms. The van der Waals surface area contributed by atoms with Crippen LogP contribution in [0.2, 0.25) is 0 Å². The molecule has 0 spiro atoms. The molecular formula is C6H9F2N. The third-order valence-corrected chi connectivity index (χ3v) is 1.65. The Morgan fingerprint density at radius 2 is 2.22 bits per heavy atom. The van der Waals surface area contributed by atoms with Crippen LogP contribution in [0.15, 0.2) is 11.7 Å². The molecule has 0 aromatic heterocycles. The first-order chi connectivity index (χ1) is 4.22. The van der Waals surface area contributed by atoms with Crippen molar-refractivity contribution in [1.82, 2.24) is 0 Å². The number of halogens is 2. The summed E-state index contributed by atoms with van der Waals surface area (Å²) in [5.41, 5.74) is 5.50. The number of hydrogen-bond acceptors (Lipinski definition) is 1. The summed E-state index contributed by atoms with van der Waals surface area (Å²) < 4.78 is 23.6. The van der Waals surface area contributed by atoms with E-state index in [2.05, 4.69) is 0 Å². The lowest BCUT2D eigenvalue weighted by molar-refractivity contribution is 0.405. The lowest BCUT2D eigenvalue weighted by Crippen LogP contribution is -2.17. The largest absolute Gasteiger partial charge is 0.324 e. The minimum absolute atomic E-state index is 0.162. The smallest absolute Gasteiger partial charge is 0.271 e. The molecule has 1 saturated carbocycles. The van der Waals surface area contributed by atoms with Crippen LogP contribution in [0.5, 0.6) is 0 Å². The van der Waals surface area contributed by atoms with E-state index >= 15 is 0 Å². The maximum Gasteiger partial charge on any atom is 0.271 e. The first-order valence-corrected chi connectivity index (χ1v) is 3.01. The molecule has 1 atom stereocenters. The standard InChI is InChI=1S/C6H9F2N/c7-6(8)4-2-1-3-5(4)9/h5H,1-3,9H2. The third kappa shape index (κ3) is 1.27. The Morgan fingerprint density at radius 3 is 2.44 bits per heavy atom. The van der Waals surface area contributed by atoms with E-state index in [0.717, 1.165) is 6.42 Å². The van der Waals surface area contributed by atoms with Crippen LogP contribution < -0.4 is 5.73 Å². The van der Waals surface area contributed by atoms with Crippen molar-refractivity contribution in [2.75, 3.05) is 0 Å². The molecule has 1 rings (SSSR count). The van der Waals surface area contributed by atoms with Gasteiger partial charge in [-0.3, -0.25) is 0 Å². The van der Waals surface area contributed by atoms with Crippen LogP contribution in [-0.2, 0) is 0 Å². The predicted molar refractivity (Wildman–Crippen MR) is 31.1 cm³/mol. The van der Waals surface area contributed by atoms with Gasteiger partial charge < -0.3 is 5.73 Å². The van der Waals surface area contributed by atoms with Crippen LogP contribution >= 0.6 is 0 Å². The average Bonchev–Trinajstić information content (AvgIpc) is 2.13. The van der Waals surface area contributed by atoms with Gasteiger partial charge in [0, 0.05) is 11.6 Å². The zero-order chi connectivity index (χ0) is 6.85. The van der Waals surface area contributed by atoms with Crippen molar-refractivity contribution in [3.05, 3.63) is 11.7 Å². The Morgan fingerprint density at radius 1 is 1.56 bits per heavy atom. The normalized spacial score (nSPS) is 27.0. The second kappa shape index (κ2) is 2.43. The van der Waals surface area contributed by atoms with Gasteiger partial charge in [-0.05, 0) is 19.3 Å². The molecule has 3 heteroatoms. The monoisotopic (exact) mass is 133 g/mol. The van der Waals surface area contributed by atoms with Crippen LogP contribution in [0.4, 0.5) is 8.78 Å². The molecule has 1 aliphatic rings. The third-order valence-electron chi connectivity index (χ3n) is 1.65. The zero-order valence-electron chi connectivity index (χ0n) is 5.03. The second-order valence-corrected chi connectivity index (χ2v) is 2.28. The summed E-state index contributed by atoms with van der Waals surface area (Å²) in [5.74, 6) is 0. The molecule has 0 bridgehead atoms. The van der Waals surface area contributed by atoms with E-state index in [9.17, 15) is 8.78 Å². The Balaban J connectivity index is 2.70. The molecular weight excluding hydrogens is 124 g/mol. The SMILES string of the molecule is NC1CCCC1=C(F)F. The summed E-state index contributed by atoms with van der Waals surface area (Å²) in [5, 5.41) is 0. The fraction of sp³-hybridized carbons (Fsp3) is 0.667. The Labute approximate surface area is 52.5 Å². The van der Waals surface area contributed by atoms with Gasteiger partial charge >= 0.3 is 0 Å². The van der Waals surface area contributed by atoms with E-state index in [0.29, 0.717) is 12.8 Å². The van der Waals surface area contributed by atoms with E-state index < -0.39 is 6.08 Å². The lowest BCUT2D eigenvalue weighted by Gasteiger charge is -2.00. The number of nitrogens with two attached hydrogens (primary N) is 1. The van der Waals surface area contributed by atoms with Gasteiger partial charge in [0.25, 0.3) is 6.08 Å². The van der Waals surface area contributed by atoms with Crippen molar-refractivity contribution in [3.8, 4) is 0 Å². The molecule has 0 aliphatic heterocycles. The van der Waals surface area contributed by atoms with Gasteiger partial charge in [-0.1, -0.05) is 0 Å². The Bertz CT molecular complexity index is 138. The summed E-state index contributed by atoms with van der Waals surface area (Å²) in [6.07, 6.45) is 0.448. The van der Waals surface area contributed by atoms with Crippen molar-refractivity contribution in [2.24, 2.45) is 5.73 Å². The fourth-order valence-electron chi connectivity index (χ4n) is 1.11. The second-order valence-electron chi connectivity index (χ2n) is 2.28. The summed E-state index contributed by atoms with van der Waals surface area (Å²) in [6.45, 7) is 0. The van der Waals surface area contributed by atoms with E-state index in [1.54, 1.807) is 0 Å². The van der Waals surface area contributed by atoms with Gasteiger partial charge in [0.05, 0.1) is 0 Å².